The van der Waals surface area contributed by atoms with Crippen molar-refractivity contribution in [2.45, 2.75) is 12.5 Å². The molecule has 0 fully saturated rings. The fourth-order valence-corrected chi connectivity index (χ4v) is 1.16. The lowest BCUT2D eigenvalue weighted by Crippen LogP contribution is -2.08. The van der Waals surface area contributed by atoms with Gasteiger partial charge < -0.3 is 5.11 Å². The van der Waals surface area contributed by atoms with Gasteiger partial charge in [-0.3, -0.25) is 0 Å². The molecular formula is C5H11BrOS. The van der Waals surface area contributed by atoms with E-state index in [-0.39, 0.29) is 6.10 Å². The van der Waals surface area contributed by atoms with Crippen molar-refractivity contribution < 1.29 is 5.11 Å². The average molecular weight is 199 g/mol. The molecule has 8 heavy (non-hydrogen) atoms. The molecule has 0 aromatic heterocycles. The summed E-state index contributed by atoms with van der Waals surface area (Å²) in [4.78, 5) is 0. The van der Waals surface area contributed by atoms with Crippen LogP contribution in [0.5, 0.6) is 0 Å². The molecule has 0 aliphatic rings. The van der Waals surface area contributed by atoms with Crippen LogP contribution in [0.4, 0.5) is 0 Å². The number of thioether (sulfide) groups is 1. The molecule has 0 spiro atoms. The van der Waals surface area contributed by atoms with E-state index in [9.17, 15) is 0 Å². The standard InChI is InChI=1S/C5H11BrOS/c1-8-3-2-5(7)4-6/h5,7H,2-4H2,1H3. The summed E-state index contributed by atoms with van der Waals surface area (Å²) < 4.78 is 0. The van der Waals surface area contributed by atoms with E-state index in [1.165, 1.54) is 0 Å². The molecule has 50 valence electrons. The number of hydrogen-bond acceptors (Lipinski definition) is 2. The predicted octanol–water partition coefficient (Wildman–Crippen LogP) is 1.50. The van der Waals surface area contributed by atoms with Crippen molar-refractivity contribution in [3.8, 4) is 0 Å². The summed E-state index contributed by atoms with van der Waals surface area (Å²) in [5.41, 5.74) is 0. The summed E-state index contributed by atoms with van der Waals surface area (Å²) in [5, 5.41) is 9.63. The lowest BCUT2D eigenvalue weighted by molar-refractivity contribution is 0.198. The summed E-state index contributed by atoms with van der Waals surface area (Å²) in [6, 6.07) is 0. The Morgan fingerprint density at radius 3 is 2.75 bits per heavy atom. The van der Waals surface area contributed by atoms with E-state index >= 15 is 0 Å². The maximum Gasteiger partial charge on any atom is 0.0644 e. The molecule has 1 atom stereocenters. The number of hydrogen-bond donors (Lipinski definition) is 1. The first kappa shape index (κ1) is 8.79. The lowest BCUT2D eigenvalue weighted by Gasteiger charge is -2.02. The van der Waals surface area contributed by atoms with E-state index in [0.717, 1.165) is 12.2 Å². The molecule has 0 aliphatic carbocycles. The molecule has 0 saturated heterocycles. The predicted molar refractivity (Wildman–Crippen MR) is 42.8 cm³/mol. The van der Waals surface area contributed by atoms with Crippen molar-refractivity contribution >= 4 is 27.7 Å². The van der Waals surface area contributed by atoms with E-state index in [4.69, 9.17) is 5.11 Å². The van der Waals surface area contributed by atoms with Crippen molar-refractivity contribution in [1.82, 2.24) is 0 Å². The molecule has 0 aromatic rings. The first-order valence-corrected chi connectivity index (χ1v) is 5.05. The summed E-state index contributed by atoms with van der Waals surface area (Å²) >= 11 is 4.95. The molecule has 0 aromatic carbocycles. The van der Waals surface area contributed by atoms with Crippen molar-refractivity contribution in [2.75, 3.05) is 17.3 Å². The van der Waals surface area contributed by atoms with E-state index in [1.807, 2.05) is 6.26 Å². The Hall–Kier alpha value is 0.790. The van der Waals surface area contributed by atoms with Crippen LogP contribution in [0.15, 0.2) is 0 Å². The molecule has 0 bridgehead atoms. The third-order valence-corrected chi connectivity index (χ3v) is 2.22. The Balaban J connectivity index is 2.86. The molecule has 1 N–H and O–H groups in total. The normalized spacial score (nSPS) is 13.9. The Morgan fingerprint density at radius 1 is 1.75 bits per heavy atom. The van der Waals surface area contributed by atoms with Crippen LogP contribution in [0, 0.1) is 0 Å². The minimum absolute atomic E-state index is 0.151. The topological polar surface area (TPSA) is 20.2 Å². The van der Waals surface area contributed by atoms with Crippen LogP contribution in [0.25, 0.3) is 0 Å². The molecule has 0 rings (SSSR count). The summed E-state index contributed by atoms with van der Waals surface area (Å²) in [6.07, 6.45) is 2.79. The smallest absolute Gasteiger partial charge is 0.0644 e. The van der Waals surface area contributed by atoms with Crippen LogP contribution < -0.4 is 0 Å². The third kappa shape index (κ3) is 4.94. The molecule has 3 heteroatoms. The Morgan fingerprint density at radius 2 is 2.38 bits per heavy atom. The van der Waals surface area contributed by atoms with Crippen LogP contribution in [-0.4, -0.2) is 28.5 Å². The SMILES string of the molecule is CSCCC(O)CBr. The molecule has 0 aliphatic heterocycles. The van der Waals surface area contributed by atoms with Crippen LogP contribution in [0.3, 0.4) is 0 Å². The average Bonchev–Trinajstić information content (AvgIpc) is 1.83. The van der Waals surface area contributed by atoms with Gasteiger partial charge in [0.2, 0.25) is 0 Å². The minimum atomic E-state index is -0.151. The molecule has 0 saturated carbocycles. The van der Waals surface area contributed by atoms with Crippen LogP contribution >= 0.6 is 27.7 Å². The highest BCUT2D eigenvalue weighted by molar-refractivity contribution is 9.09. The van der Waals surface area contributed by atoms with Crippen molar-refractivity contribution in [2.24, 2.45) is 0 Å². The summed E-state index contributed by atoms with van der Waals surface area (Å²) in [7, 11) is 0. The van der Waals surface area contributed by atoms with Gasteiger partial charge in [0.1, 0.15) is 0 Å². The first-order valence-electron chi connectivity index (χ1n) is 2.54. The molecule has 0 heterocycles. The highest BCUT2D eigenvalue weighted by atomic mass is 79.9. The number of alkyl halides is 1. The van der Waals surface area contributed by atoms with Gasteiger partial charge in [-0.25, -0.2) is 0 Å². The molecule has 0 radical (unpaired) electrons. The largest absolute Gasteiger partial charge is 0.392 e. The minimum Gasteiger partial charge on any atom is -0.392 e. The quantitative estimate of drug-likeness (QED) is 0.692. The fraction of sp³-hybridized carbons (Fsp3) is 1.00. The van der Waals surface area contributed by atoms with Gasteiger partial charge in [0, 0.05) is 5.33 Å². The van der Waals surface area contributed by atoms with Gasteiger partial charge in [0.25, 0.3) is 0 Å². The Labute approximate surface area is 63.0 Å². The van der Waals surface area contributed by atoms with E-state index in [2.05, 4.69) is 15.9 Å². The molecule has 0 amide bonds. The second-order valence-electron chi connectivity index (χ2n) is 1.59. The van der Waals surface area contributed by atoms with Crippen molar-refractivity contribution in [3.63, 3.8) is 0 Å². The Kier molecular flexibility index (Phi) is 6.50. The zero-order valence-corrected chi connectivity index (χ0v) is 7.33. The Bertz CT molecular complexity index is 51.7. The van der Waals surface area contributed by atoms with Crippen LogP contribution in [0.2, 0.25) is 0 Å². The fourth-order valence-electron chi connectivity index (χ4n) is 0.331. The van der Waals surface area contributed by atoms with Crippen LogP contribution in [-0.2, 0) is 0 Å². The zero-order chi connectivity index (χ0) is 6.41. The maximum atomic E-state index is 8.93. The van der Waals surface area contributed by atoms with Crippen molar-refractivity contribution in [3.05, 3.63) is 0 Å². The number of rotatable bonds is 4. The lowest BCUT2D eigenvalue weighted by atomic mass is 10.3. The number of halogens is 1. The van der Waals surface area contributed by atoms with Gasteiger partial charge in [-0.1, -0.05) is 15.9 Å². The summed E-state index contributed by atoms with van der Waals surface area (Å²) in [6.45, 7) is 0. The van der Waals surface area contributed by atoms with Crippen LogP contribution in [0.1, 0.15) is 6.42 Å². The highest BCUT2D eigenvalue weighted by Crippen LogP contribution is 2.01. The second-order valence-corrected chi connectivity index (χ2v) is 3.22. The number of aliphatic hydroxyl groups excluding tert-OH is 1. The third-order valence-electron chi connectivity index (χ3n) is 0.833. The maximum absolute atomic E-state index is 8.93. The van der Waals surface area contributed by atoms with E-state index in [1.54, 1.807) is 11.8 Å². The van der Waals surface area contributed by atoms with Gasteiger partial charge in [-0.05, 0) is 18.4 Å². The van der Waals surface area contributed by atoms with Gasteiger partial charge in [-0.2, -0.15) is 11.8 Å². The van der Waals surface area contributed by atoms with Gasteiger partial charge in [-0.15, -0.1) is 0 Å². The molecule has 1 unspecified atom stereocenters. The van der Waals surface area contributed by atoms with Gasteiger partial charge >= 0.3 is 0 Å². The molecule has 1 nitrogen and oxygen atoms in total. The van der Waals surface area contributed by atoms with E-state index < -0.39 is 0 Å². The zero-order valence-electron chi connectivity index (χ0n) is 4.93. The van der Waals surface area contributed by atoms with Gasteiger partial charge in [0.15, 0.2) is 0 Å². The first-order chi connectivity index (χ1) is 3.81. The molecular weight excluding hydrogens is 188 g/mol. The summed E-state index contributed by atoms with van der Waals surface area (Å²) in [5.74, 6) is 1.05. The van der Waals surface area contributed by atoms with E-state index in [0.29, 0.717) is 5.33 Å². The number of aliphatic hydroxyl groups is 1. The monoisotopic (exact) mass is 198 g/mol. The highest BCUT2D eigenvalue weighted by Gasteiger charge is 1.97. The van der Waals surface area contributed by atoms with Crippen molar-refractivity contribution in [1.29, 1.82) is 0 Å². The second kappa shape index (κ2) is 5.92. The van der Waals surface area contributed by atoms with Gasteiger partial charge in [0.05, 0.1) is 6.10 Å².